The van der Waals surface area contributed by atoms with E-state index in [2.05, 4.69) is 19.7 Å². The second-order valence-corrected chi connectivity index (χ2v) is 5.47. The number of aromatic nitrogens is 3. The minimum absolute atomic E-state index is 0.133. The molecule has 3 aromatic rings. The lowest BCUT2D eigenvalue weighted by atomic mass is 10.2. The molecule has 21 heavy (non-hydrogen) atoms. The van der Waals surface area contributed by atoms with Crippen LogP contribution in [-0.2, 0) is 13.1 Å². The van der Waals surface area contributed by atoms with Crippen molar-refractivity contribution in [2.45, 2.75) is 19.1 Å². The molecule has 1 aliphatic heterocycles. The molecule has 0 fully saturated rings. The van der Waals surface area contributed by atoms with Gasteiger partial charge in [0.1, 0.15) is 23.5 Å². The van der Waals surface area contributed by atoms with Crippen LogP contribution in [0.3, 0.4) is 0 Å². The van der Waals surface area contributed by atoms with Crippen LogP contribution in [0.15, 0.2) is 41.1 Å². The standard InChI is InChI=1S/C15H17N5O/c16-12(14-7-11-3-1-2-4-13(11)21-14)8-19-5-6-20-10-17-18-15(20)9-19/h1-4,7,10,12H,5-6,8-9,16H2. The van der Waals surface area contributed by atoms with Gasteiger partial charge in [0.25, 0.3) is 0 Å². The molecule has 0 bridgehead atoms. The van der Waals surface area contributed by atoms with Crippen molar-refractivity contribution in [3.05, 3.63) is 48.2 Å². The highest BCUT2D eigenvalue weighted by Gasteiger charge is 2.21. The van der Waals surface area contributed by atoms with Crippen LogP contribution in [0, 0.1) is 0 Å². The third kappa shape index (κ3) is 2.32. The molecule has 1 aliphatic rings. The van der Waals surface area contributed by atoms with Crippen LogP contribution in [0.1, 0.15) is 17.6 Å². The van der Waals surface area contributed by atoms with E-state index in [0.717, 1.165) is 48.7 Å². The number of hydrogen-bond donors (Lipinski definition) is 1. The lowest BCUT2D eigenvalue weighted by Crippen LogP contribution is -2.38. The molecular formula is C15H17N5O. The van der Waals surface area contributed by atoms with Crippen molar-refractivity contribution in [2.24, 2.45) is 5.73 Å². The number of rotatable bonds is 3. The molecule has 1 unspecified atom stereocenters. The molecule has 0 aliphatic carbocycles. The van der Waals surface area contributed by atoms with Crippen LogP contribution in [0.2, 0.25) is 0 Å². The molecule has 4 rings (SSSR count). The fourth-order valence-corrected chi connectivity index (χ4v) is 2.83. The predicted molar refractivity (Wildman–Crippen MR) is 78.4 cm³/mol. The molecular weight excluding hydrogens is 266 g/mol. The second-order valence-electron chi connectivity index (χ2n) is 5.47. The number of nitrogens with zero attached hydrogens (tertiary/aromatic N) is 4. The van der Waals surface area contributed by atoms with Crippen molar-refractivity contribution in [2.75, 3.05) is 13.1 Å². The largest absolute Gasteiger partial charge is 0.459 e. The van der Waals surface area contributed by atoms with Gasteiger partial charge >= 0.3 is 0 Å². The van der Waals surface area contributed by atoms with Gasteiger partial charge in [0, 0.05) is 25.0 Å². The molecule has 1 aromatic carbocycles. The molecule has 2 aromatic heterocycles. The topological polar surface area (TPSA) is 73.1 Å². The van der Waals surface area contributed by atoms with Gasteiger partial charge in [-0.15, -0.1) is 10.2 Å². The molecule has 0 amide bonds. The van der Waals surface area contributed by atoms with E-state index in [1.807, 2.05) is 30.3 Å². The van der Waals surface area contributed by atoms with E-state index in [9.17, 15) is 0 Å². The Labute approximate surface area is 122 Å². The highest BCUT2D eigenvalue weighted by molar-refractivity contribution is 5.77. The Morgan fingerprint density at radius 2 is 2.19 bits per heavy atom. The van der Waals surface area contributed by atoms with Gasteiger partial charge in [-0.25, -0.2) is 0 Å². The molecule has 0 spiro atoms. The molecule has 1 atom stereocenters. The summed E-state index contributed by atoms with van der Waals surface area (Å²) in [4.78, 5) is 2.29. The first-order chi connectivity index (χ1) is 10.3. The Kier molecular flexibility index (Phi) is 2.98. The zero-order chi connectivity index (χ0) is 14.2. The van der Waals surface area contributed by atoms with Crippen molar-refractivity contribution in [3.63, 3.8) is 0 Å². The Hall–Kier alpha value is -2.18. The summed E-state index contributed by atoms with van der Waals surface area (Å²) >= 11 is 0. The van der Waals surface area contributed by atoms with E-state index in [1.54, 1.807) is 6.33 Å². The molecule has 6 nitrogen and oxygen atoms in total. The summed E-state index contributed by atoms with van der Waals surface area (Å²) in [5.74, 6) is 1.83. The van der Waals surface area contributed by atoms with E-state index in [-0.39, 0.29) is 6.04 Å². The second kappa shape index (κ2) is 4.98. The van der Waals surface area contributed by atoms with Gasteiger partial charge in [0.2, 0.25) is 0 Å². The summed E-state index contributed by atoms with van der Waals surface area (Å²) in [5, 5.41) is 9.17. The maximum atomic E-state index is 6.31. The van der Waals surface area contributed by atoms with Gasteiger partial charge in [-0.3, -0.25) is 4.90 Å². The van der Waals surface area contributed by atoms with E-state index in [1.165, 1.54) is 0 Å². The summed E-state index contributed by atoms with van der Waals surface area (Å²) < 4.78 is 7.93. The molecule has 6 heteroatoms. The van der Waals surface area contributed by atoms with Crippen molar-refractivity contribution < 1.29 is 4.42 Å². The van der Waals surface area contributed by atoms with Crippen LogP contribution < -0.4 is 5.73 Å². The molecule has 2 N–H and O–H groups in total. The van der Waals surface area contributed by atoms with Crippen LogP contribution in [0.25, 0.3) is 11.0 Å². The minimum Gasteiger partial charge on any atom is -0.459 e. The third-order valence-electron chi connectivity index (χ3n) is 3.98. The van der Waals surface area contributed by atoms with E-state index in [0.29, 0.717) is 0 Å². The Morgan fingerprint density at radius 3 is 3.10 bits per heavy atom. The highest BCUT2D eigenvalue weighted by atomic mass is 16.3. The van der Waals surface area contributed by atoms with Crippen LogP contribution in [0.4, 0.5) is 0 Å². The number of benzene rings is 1. The van der Waals surface area contributed by atoms with Gasteiger partial charge in [-0.1, -0.05) is 18.2 Å². The summed E-state index contributed by atoms with van der Waals surface area (Å²) in [6.07, 6.45) is 1.78. The number of fused-ring (bicyclic) bond motifs is 2. The number of nitrogens with two attached hydrogens (primary N) is 1. The van der Waals surface area contributed by atoms with Crippen LogP contribution in [0.5, 0.6) is 0 Å². The van der Waals surface area contributed by atoms with Crippen LogP contribution >= 0.6 is 0 Å². The monoisotopic (exact) mass is 283 g/mol. The Balaban J connectivity index is 1.49. The van der Waals surface area contributed by atoms with E-state index in [4.69, 9.17) is 10.2 Å². The smallest absolute Gasteiger partial charge is 0.147 e. The number of furan rings is 1. The summed E-state index contributed by atoms with van der Waals surface area (Å²) in [6.45, 7) is 3.41. The lowest BCUT2D eigenvalue weighted by molar-refractivity contribution is 0.199. The van der Waals surface area contributed by atoms with E-state index < -0.39 is 0 Å². The van der Waals surface area contributed by atoms with Gasteiger partial charge in [-0.05, 0) is 12.1 Å². The first-order valence-corrected chi connectivity index (χ1v) is 7.13. The zero-order valence-electron chi connectivity index (χ0n) is 11.6. The first kappa shape index (κ1) is 12.6. The van der Waals surface area contributed by atoms with Gasteiger partial charge in [-0.2, -0.15) is 0 Å². The molecule has 0 saturated carbocycles. The SMILES string of the molecule is NC(CN1CCn2cnnc2C1)c1cc2ccccc2o1. The minimum atomic E-state index is -0.133. The number of hydrogen-bond acceptors (Lipinski definition) is 5. The van der Waals surface area contributed by atoms with Crippen molar-refractivity contribution in [3.8, 4) is 0 Å². The normalized spacial score (nSPS) is 17.0. The molecule has 108 valence electrons. The summed E-state index contributed by atoms with van der Waals surface area (Å²) in [7, 11) is 0. The summed E-state index contributed by atoms with van der Waals surface area (Å²) in [6, 6.07) is 9.88. The van der Waals surface area contributed by atoms with Gasteiger partial charge in [0.15, 0.2) is 0 Å². The maximum Gasteiger partial charge on any atom is 0.147 e. The maximum absolute atomic E-state index is 6.31. The predicted octanol–water partition coefficient (Wildman–Crippen LogP) is 1.54. The average molecular weight is 283 g/mol. The first-order valence-electron chi connectivity index (χ1n) is 7.13. The lowest BCUT2D eigenvalue weighted by Gasteiger charge is -2.28. The zero-order valence-corrected chi connectivity index (χ0v) is 11.6. The van der Waals surface area contributed by atoms with Crippen molar-refractivity contribution in [1.29, 1.82) is 0 Å². The van der Waals surface area contributed by atoms with Crippen LogP contribution in [-0.4, -0.2) is 32.8 Å². The molecule has 0 radical (unpaired) electrons. The van der Waals surface area contributed by atoms with Crippen molar-refractivity contribution >= 4 is 11.0 Å². The average Bonchev–Trinajstić information content (AvgIpc) is 3.13. The van der Waals surface area contributed by atoms with Crippen molar-refractivity contribution in [1.82, 2.24) is 19.7 Å². The third-order valence-corrected chi connectivity index (χ3v) is 3.98. The summed E-state index contributed by atoms with van der Waals surface area (Å²) in [5.41, 5.74) is 7.20. The van der Waals surface area contributed by atoms with Gasteiger partial charge < -0.3 is 14.7 Å². The highest BCUT2D eigenvalue weighted by Crippen LogP contribution is 2.23. The molecule has 0 saturated heterocycles. The fraction of sp³-hybridized carbons (Fsp3) is 0.333. The fourth-order valence-electron chi connectivity index (χ4n) is 2.83. The number of para-hydroxylation sites is 1. The quantitative estimate of drug-likeness (QED) is 0.789. The molecule has 3 heterocycles. The Morgan fingerprint density at radius 1 is 1.29 bits per heavy atom. The Bertz CT molecular complexity index is 729. The van der Waals surface area contributed by atoms with Gasteiger partial charge in [0.05, 0.1) is 12.6 Å². The van der Waals surface area contributed by atoms with E-state index >= 15 is 0 Å².